The van der Waals surface area contributed by atoms with E-state index in [1.54, 1.807) is 0 Å². The molecule has 0 aliphatic carbocycles. The zero-order valence-corrected chi connectivity index (χ0v) is 9.80. The van der Waals surface area contributed by atoms with Gasteiger partial charge in [0.15, 0.2) is 0 Å². The predicted molar refractivity (Wildman–Crippen MR) is 57.2 cm³/mol. The van der Waals surface area contributed by atoms with Gasteiger partial charge in [-0.1, -0.05) is 48.6 Å². The normalized spacial score (nSPS) is 10.3. The number of hydrogen-bond acceptors (Lipinski definition) is 0. The largest absolute Gasteiger partial charge is 1.00 e. The fraction of sp³-hybridized carbons (Fsp3) is 0.273. The molecule has 2 heteroatoms. The maximum Gasteiger partial charge on any atom is 1.00 e. The summed E-state index contributed by atoms with van der Waals surface area (Å²) in [5.74, 6) is 0. The molecular formula is C11H15LiSi. The van der Waals surface area contributed by atoms with Gasteiger partial charge in [-0.3, -0.25) is 6.58 Å². The molecule has 0 spiro atoms. The van der Waals surface area contributed by atoms with Crippen molar-refractivity contribution in [3.8, 4) is 0 Å². The van der Waals surface area contributed by atoms with Crippen LogP contribution in [0.5, 0.6) is 0 Å². The molecule has 0 aromatic heterocycles. The average Bonchev–Trinajstić information content (AvgIpc) is 2.06. The van der Waals surface area contributed by atoms with E-state index >= 15 is 0 Å². The van der Waals surface area contributed by atoms with E-state index in [2.05, 4.69) is 56.1 Å². The molecule has 0 unspecified atom stereocenters. The zero-order chi connectivity index (χ0) is 9.03. The summed E-state index contributed by atoms with van der Waals surface area (Å²) in [6.45, 7) is 8.38. The van der Waals surface area contributed by atoms with Crippen molar-refractivity contribution >= 4 is 13.3 Å². The van der Waals surface area contributed by atoms with Crippen LogP contribution in [0.2, 0.25) is 19.1 Å². The van der Waals surface area contributed by atoms with Gasteiger partial charge in [0.1, 0.15) is 0 Å². The minimum Gasteiger partial charge on any atom is -0.506 e. The van der Waals surface area contributed by atoms with Crippen LogP contribution in [0, 0.1) is 6.08 Å². The smallest absolute Gasteiger partial charge is 0.506 e. The molecule has 0 heterocycles. The fourth-order valence-electron chi connectivity index (χ4n) is 1.30. The molecule has 0 N–H and O–H groups in total. The first-order chi connectivity index (χ1) is 5.67. The molecule has 0 saturated heterocycles. The standard InChI is InChI=1S/C11H15Si.Li/c1-4-10-12(2,3)11-8-6-5-7-9-11;/h5-9H,1,10H2,2-3H3;/q-1;+1. The molecule has 0 aliphatic rings. The quantitative estimate of drug-likeness (QED) is 0.440. The van der Waals surface area contributed by atoms with Gasteiger partial charge in [0, 0.05) is 0 Å². The van der Waals surface area contributed by atoms with Gasteiger partial charge in [0.05, 0.1) is 8.07 Å². The van der Waals surface area contributed by atoms with Crippen molar-refractivity contribution in [2.24, 2.45) is 0 Å². The van der Waals surface area contributed by atoms with Crippen LogP contribution in [0.15, 0.2) is 36.9 Å². The molecule has 0 radical (unpaired) electrons. The Bertz CT molecular complexity index is 254. The van der Waals surface area contributed by atoms with Crippen molar-refractivity contribution in [1.82, 2.24) is 0 Å². The van der Waals surface area contributed by atoms with E-state index in [4.69, 9.17) is 0 Å². The second-order valence-electron chi connectivity index (χ2n) is 3.68. The Morgan fingerprint density at radius 1 is 1.23 bits per heavy atom. The van der Waals surface area contributed by atoms with Crippen molar-refractivity contribution in [2.45, 2.75) is 19.1 Å². The van der Waals surface area contributed by atoms with E-state index in [1.165, 1.54) is 5.19 Å². The molecule has 0 saturated carbocycles. The Morgan fingerprint density at radius 2 is 1.77 bits per heavy atom. The molecular weight excluding hydrogens is 167 g/mol. The monoisotopic (exact) mass is 182 g/mol. The minimum absolute atomic E-state index is 0. The van der Waals surface area contributed by atoms with Gasteiger partial charge in [-0.2, -0.15) is 6.04 Å². The molecule has 1 aromatic carbocycles. The molecule has 0 amide bonds. The Morgan fingerprint density at radius 3 is 2.23 bits per heavy atom. The first-order valence-corrected chi connectivity index (χ1v) is 7.43. The van der Waals surface area contributed by atoms with Crippen LogP contribution < -0.4 is 24.0 Å². The second kappa shape index (κ2) is 5.49. The van der Waals surface area contributed by atoms with Crippen molar-refractivity contribution in [1.29, 1.82) is 0 Å². The Kier molecular flexibility index (Phi) is 5.40. The number of allylic oxidation sites excluding steroid dienone is 1. The second-order valence-corrected chi connectivity index (χ2v) is 8.38. The molecule has 0 atom stereocenters. The first-order valence-electron chi connectivity index (χ1n) is 4.22. The van der Waals surface area contributed by atoms with E-state index in [-0.39, 0.29) is 18.9 Å². The Labute approximate surface area is 94.2 Å². The molecule has 0 nitrogen and oxygen atoms in total. The van der Waals surface area contributed by atoms with Crippen LogP contribution in [-0.4, -0.2) is 8.07 Å². The molecule has 1 aromatic rings. The van der Waals surface area contributed by atoms with Crippen LogP contribution in [0.25, 0.3) is 0 Å². The van der Waals surface area contributed by atoms with Gasteiger partial charge in [0.25, 0.3) is 0 Å². The van der Waals surface area contributed by atoms with E-state index < -0.39 is 8.07 Å². The number of benzene rings is 1. The third-order valence-electron chi connectivity index (χ3n) is 2.12. The maximum atomic E-state index is 3.68. The summed E-state index contributed by atoms with van der Waals surface area (Å²) < 4.78 is 0. The minimum atomic E-state index is -1.25. The van der Waals surface area contributed by atoms with Crippen LogP contribution in [0.3, 0.4) is 0 Å². The van der Waals surface area contributed by atoms with E-state index in [9.17, 15) is 0 Å². The third-order valence-corrected chi connectivity index (χ3v) is 5.15. The number of hydrogen-bond donors (Lipinski definition) is 0. The van der Waals surface area contributed by atoms with Crippen molar-refractivity contribution < 1.29 is 18.9 Å². The topological polar surface area (TPSA) is 0 Å². The van der Waals surface area contributed by atoms with E-state index in [0.29, 0.717) is 0 Å². The number of rotatable bonds is 3. The van der Waals surface area contributed by atoms with E-state index in [1.807, 2.05) is 0 Å². The summed E-state index contributed by atoms with van der Waals surface area (Å²) >= 11 is 0. The van der Waals surface area contributed by atoms with Gasteiger partial charge in [0.2, 0.25) is 0 Å². The maximum absolute atomic E-state index is 3.68. The van der Waals surface area contributed by atoms with Gasteiger partial charge in [-0.25, -0.2) is 0 Å². The van der Waals surface area contributed by atoms with Crippen molar-refractivity contribution in [3.63, 3.8) is 0 Å². The van der Waals surface area contributed by atoms with Crippen LogP contribution in [0.4, 0.5) is 0 Å². The van der Waals surface area contributed by atoms with Crippen LogP contribution in [-0.2, 0) is 0 Å². The predicted octanol–water partition coefficient (Wildman–Crippen LogP) is -0.405. The molecule has 0 bridgehead atoms. The summed E-state index contributed by atoms with van der Waals surface area (Å²) in [5.41, 5.74) is 0. The summed E-state index contributed by atoms with van der Waals surface area (Å²) in [5, 5.41) is 1.49. The molecule has 13 heavy (non-hydrogen) atoms. The first kappa shape index (κ1) is 12.8. The summed E-state index contributed by atoms with van der Waals surface area (Å²) in [6, 6.07) is 11.7. The molecule has 0 fully saturated rings. The fourth-order valence-corrected chi connectivity index (χ4v) is 3.23. The Balaban J connectivity index is 0.00000144. The molecule has 0 aliphatic heterocycles. The van der Waals surface area contributed by atoms with Crippen LogP contribution >= 0.6 is 0 Å². The Hall–Kier alpha value is -0.226. The SMILES string of the molecule is C=[C-]C[Si](C)(C)c1ccccc1.[Li+]. The summed E-state index contributed by atoms with van der Waals surface area (Å²) in [6.07, 6.45) is 3.02. The van der Waals surface area contributed by atoms with Crippen molar-refractivity contribution in [3.05, 3.63) is 43.0 Å². The van der Waals surface area contributed by atoms with Crippen molar-refractivity contribution in [2.75, 3.05) is 0 Å². The summed E-state index contributed by atoms with van der Waals surface area (Å²) in [4.78, 5) is 0. The average molecular weight is 182 g/mol. The van der Waals surface area contributed by atoms with Crippen LogP contribution in [0.1, 0.15) is 0 Å². The molecule has 64 valence electrons. The third kappa shape index (κ3) is 3.56. The van der Waals surface area contributed by atoms with Gasteiger partial charge in [-0.15, -0.1) is 0 Å². The van der Waals surface area contributed by atoms with E-state index in [0.717, 1.165) is 6.04 Å². The zero-order valence-electron chi connectivity index (χ0n) is 8.80. The summed E-state index contributed by atoms with van der Waals surface area (Å²) in [7, 11) is -1.25. The molecule has 1 rings (SSSR count). The van der Waals surface area contributed by atoms with Gasteiger partial charge < -0.3 is 6.08 Å². The van der Waals surface area contributed by atoms with Gasteiger partial charge >= 0.3 is 18.9 Å². The van der Waals surface area contributed by atoms with Gasteiger partial charge in [-0.05, 0) is 0 Å².